The van der Waals surface area contributed by atoms with E-state index in [1.54, 1.807) is 6.20 Å². The second kappa shape index (κ2) is 5.74. The van der Waals surface area contributed by atoms with Crippen molar-refractivity contribution in [2.75, 3.05) is 6.54 Å². The summed E-state index contributed by atoms with van der Waals surface area (Å²) in [7, 11) is 0. The fourth-order valence-electron chi connectivity index (χ4n) is 3.35. The van der Waals surface area contributed by atoms with E-state index in [1.165, 1.54) is 0 Å². The molecule has 1 aliphatic rings. The zero-order valence-electron chi connectivity index (χ0n) is 13.9. The molecule has 0 aromatic carbocycles. The van der Waals surface area contributed by atoms with Crippen LogP contribution in [-0.4, -0.2) is 36.6 Å². The Balaban J connectivity index is 1.36. The number of aryl methyl sites for hydroxylation is 2. The van der Waals surface area contributed by atoms with Gasteiger partial charge in [0.2, 0.25) is 5.91 Å². The van der Waals surface area contributed by atoms with Gasteiger partial charge in [0.25, 0.3) is 0 Å². The number of aromatic nitrogens is 5. The monoisotopic (exact) mass is 324 g/mol. The first-order chi connectivity index (χ1) is 11.6. The number of carbonyl (C=O) groups excluding carboxylic acids is 1. The van der Waals surface area contributed by atoms with Crippen molar-refractivity contribution in [2.45, 2.75) is 33.2 Å². The standard InChI is InChI=1S/C17H20N6O/c1-11-4-3-5-22-14(9-19-17(11)22)7-16(24)18-8-13-6-15-21-20-12(2)23(15)10-13/h3-5,9,13H,6-8,10H2,1-2H3,(H,18,24). The molecule has 1 amide bonds. The van der Waals surface area contributed by atoms with Crippen molar-refractivity contribution in [3.05, 3.63) is 47.4 Å². The zero-order valence-corrected chi connectivity index (χ0v) is 13.9. The lowest BCUT2D eigenvalue weighted by molar-refractivity contribution is -0.120. The SMILES string of the molecule is Cc1cccn2c(CC(=O)NCC3Cc4nnc(C)n4C3)cnc12. The minimum absolute atomic E-state index is 0.0256. The summed E-state index contributed by atoms with van der Waals surface area (Å²) in [5.74, 6) is 2.38. The van der Waals surface area contributed by atoms with Crippen LogP contribution in [-0.2, 0) is 24.2 Å². The van der Waals surface area contributed by atoms with Gasteiger partial charge in [-0.1, -0.05) is 6.07 Å². The smallest absolute Gasteiger partial charge is 0.226 e. The number of nitrogens with one attached hydrogen (secondary N) is 1. The maximum atomic E-state index is 12.3. The summed E-state index contributed by atoms with van der Waals surface area (Å²) in [5, 5.41) is 11.3. The summed E-state index contributed by atoms with van der Waals surface area (Å²) in [5.41, 5.74) is 2.92. The fourth-order valence-corrected chi connectivity index (χ4v) is 3.35. The first-order valence-corrected chi connectivity index (χ1v) is 8.18. The van der Waals surface area contributed by atoms with Crippen LogP contribution in [0.4, 0.5) is 0 Å². The Kier molecular flexibility index (Phi) is 3.55. The van der Waals surface area contributed by atoms with E-state index in [0.717, 1.165) is 41.5 Å². The van der Waals surface area contributed by atoms with Gasteiger partial charge in [0.15, 0.2) is 0 Å². The summed E-state index contributed by atoms with van der Waals surface area (Å²) < 4.78 is 4.11. The third kappa shape index (κ3) is 2.55. The lowest BCUT2D eigenvalue weighted by atomic mass is 10.1. The van der Waals surface area contributed by atoms with Crippen molar-refractivity contribution in [3.8, 4) is 0 Å². The van der Waals surface area contributed by atoms with E-state index < -0.39 is 0 Å². The predicted molar refractivity (Wildman–Crippen MR) is 88.6 cm³/mol. The van der Waals surface area contributed by atoms with Crippen molar-refractivity contribution in [3.63, 3.8) is 0 Å². The number of amides is 1. The van der Waals surface area contributed by atoms with Gasteiger partial charge in [0.1, 0.15) is 17.3 Å². The van der Waals surface area contributed by atoms with Crippen LogP contribution < -0.4 is 5.32 Å². The van der Waals surface area contributed by atoms with Crippen LogP contribution in [0.25, 0.3) is 5.65 Å². The molecule has 124 valence electrons. The molecule has 1 atom stereocenters. The lowest BCUT2D eigenvalue weighted by Crippen LogP contribution is -2.31. The minimum Gasteiger partial charge on any atom is -0.355 e. The molecule has 0 spiro atoms. The normalized spacial score (nSPS) is 16.5. The quantitative estimate of drug-likeness (QED) is 0.779. The molecule has 0 radical (unpaired) electrons. The first-order valence-electron chi connectivity index (χ1n) is 8.18. The van der Waals surface area contributed by atoms with E-state index in [0.29, 0.717) is 18.9 Å². The molecule has 3 aromatic heterocycles. The molecule has 24 heavy (non-hydrogen) atoms. The van der Waals surface area contributed by atoms with E-state index in [9.17, 15) is 4.79 Å². The predicted octanol–water partition coefficient (Wildman–Crippen LogP) is 1.07. The Morgan fingerprint density at radius 1 is 1.38 bits per heavy atom. The van der Waals surface area contributed by atoms with E-state index in [-0.39, 0.29) is 5.91 Å². The number of rotatable bonds is 4. The van der Waals surface area contributed by atoms with Gasteiger partial charge in [-0.15, -0.1) is 10.2 Å². The largest absolute Gasteiger partial charge is 0.355 e. The van der Waals surface area contributed by atoms with Gasteiger partial charge in [-0.05, 0) is 25.5 Å². The second-order valence-corrected chi connectivity index (χ2v) is 6.46. The van der Waals surface area contributed by atoms with E-state index in [2.05, 4.69) is 25.1 Å². The van der Waals surface area contributed by atoms with Crippen LogP contribution in [0.2, 0.25) is 0 Å². The van der Waals surface area contributed by atoms with Crippen LogP contribution in [0.3, 0.4) is 0 Å². The molecule has 0 saturated carbocycles. The van der Waals surface area contributed by atoms with E-state index in [4.69, 9.17) is 0 Å². The number of nitrogens with zero attached hydrogens (tertiary/aromatic N) is 5. The number of hydrogen-bond acceptors (Lipinski definition) is 4. The van der Waals surface area contributed by atoms with E-state index in [1.807, 2.05) is 36.6 Å². The Morgan fingerprint density at radius 3 is 3.08 bits per heavy atom. The average Bonchev–Trinajstić information content (AvgIpc) is 3.23. The summed E-state index contributed by atoms with van der Waals surface area (Å²) in [4.78, 5) is 16.7. The summed E-state index contributed by atoms with van der Waals surface area (Å²) in [6, 6.07) is 3.99. The van der Waals surface area contributed by atoms with Crippen LogP contribution in [0, 0.1) is 19.8 Å². The van der Waals surface area contributed by atoms with Gasteiger partial charge in [-0.2, -0.15) is 0 Å². The Labute approximate surface area is 139 Å². The fraction of sp³-hybridized carbons (Fsp3) is 0.412. The van der Waals surface area contributed by atoms with Crippen LogP contribution >= 0.6 is 0 Å². The molecule has 0 fully saturated rings. The molecule has 0 saturated heterocycles. The Bertz CT molecular complexity index is 909. The zero-order chi connectivity index (χ0) is 16.7. The highest BCUT2D eigenvalue weighted by molar-refractivity contribution is 5.78. The van der Waals surface area contributed by atoms with Crippen molar-refractivity contribution < 1.29 is 4.79 Å². The van der Waals surface area contributed by atoms with Crippen LogP contribution in [0.15, 0.2) is 24.5 Å². The van der Waals surface area contributed by atoms with Crippen LogP contribution in [0.1, 0.15) is 22.9 Å². The van der Waals surface area contributed by atoms with Gasteiger partial charge < -0.3 is 14.3 Å². The first kappa shape index (κ1) is 14.9. The van der Waals surface area contributed by atoms with Gasteiger partial charge >= 0.3 is 0 Å². The highest BCUT2D eigenvalue weighted by Crippen LogP contribution is 2.19. The molecule has 0 aliphatic carbocycles. The third-order valence-electron chi connectivity index (χ3n) is 4.66. The summed E-state index contributed by atoms with van der Waals surface area (Å²) >= 11 is 0. The number of fused-ring (bicyclic) bond motifs is 2. The molecule has 0 bridgehead atoms. The number of carbonyl (C=O) groups is 1. The highest BCUT2D eigenvalue weighted by atomic mass is 16.1. The molecule has 1 N–H and O–H groups in total. The highest BCUT2D eigenvalue weighted by Gasteiger charge is 2.25. The van der Waals surface area contributed by atoms with E-state index >= 15 is 0 Å². The lowest BCUT2D eigenvalue weighted by Gasteiger charge is -2.11. The average molecular weight is 324 g/mol. The molecule has 4 heterocycles. The minimum atomic E-state index is 0.0256. The van der Waals surface area contributed by atoms with Gasteiger partial charge in [0.05, 0.1) is 12.1 Å². The topological polar surface area (TPSA) is 77.1 Å². The molecule has 1 aliphatic heterocycles. The second-order valence-electron chi connectivity index (χ2n) is 6.46. The number of hydrogen-bond donors (Lipinski definition) is 1. The number of pyridine rings is 1. The van der Waals surface area contributed by atoms with Crippen molar-refractivity contribution in [2.24, 2.45) is 5.92 Å². The summed E-state index contributed by atoms with van der Waals surface area (Å²) in [6.45, 7) is 5.53. The van der Waals surface area contributed by atoms with Crippen molar-refractivity contribution >= 4 is 11.6 Å². The Morgan fingerprint density at radius 2 is 2.25 bits per heavy atom. The molecule has 1 unspecified atom stereocenters. The summed E-state index contributed by atoms with van der Waals surface area (Å²) in [6.07, 6.45) is 4.93. The molecule has 7 nitrogen and oxygen atoms in total. The van der Waals surface area contributed by atoms with Gasteiger partial charge in [0, 0.05) is 37.8 Å². The van der Waals surface area contributed by atoms with Gasteiger partial charge in [-0.25, -0.2) is 4.98 Å². The molecule has 4 rings (SSSR count). The Hall–Kier alpha value is -2.70. The van der Waals surface area contributed by atoms with Gasteiger partial charge in [-0.3, -0.25) is 4.79 Å². The third-order valence-corrected chi connectivity index (χ3v) is 4.66. The molecule has 3 aromatic rings. The molecule has 7 heteroatoms. The maximum absolute atomic E-state index is 12.3. The van der Waals surface area contributed by atoms with Crippen LogP contribution in [0.5, 0.6) is 0 Å². The maximum Gasteiger partial charge on any atom is 0.226 e. The van der Waals surface area contributed by atoms with Crippen molar-refractivity contribution in [1.29, 1.82) is 0 Å². The van der Waals surface area contributed by atoms with Crippen molar-refractivity contribution in [1.82, 2.24) is 29.5 Å². The number of imidazole rings is 1. The molecular weight excluding hydrogens is 304 g/mol. The molecular formula is C17H20N6O.